The molecule has 1 aromatic heterocycles. The second-order valence-corrected chi connectivity index (χ2v) is 5.37. The molecule has 0 bridgehead atoms. The summed E-state index contributed by atoms with van der Waals surface area (Å²) in [5, 5.41) is 12.7. The largest absolute Gasteiger partial charge is 0.391 e. The Morgan fingerprint density at radius 1 is 1.60 bits per heavy atom. The van der Waals surface area contributed by atoms with Crippen LogP contribution < -0.4 is 5.32 Å². The first-order valence-corrected chi connectivity index (χ1v) is 7.11. The highest BCUT2D eigenvalue weighted by Crippen LogP contribution is 2.20. The molecule has 1 fully saturated rings. The Balaban J connectivity index is 2.31. The van der Waals surface area contributed by atoms with Crippen LogP contribution in [0.25, 0.3) is 0 Å². The summed E-state index contributed by atoms with van der Waals surface area (Å²) in [5.41, 5.74) is 1.06. The van der Waals surface area contributed by atoms with Gasteiger partial charge in [0, 0.05) is 25.6 Å². The van der Waals surface area contributed by atoms with Crippen LogP contribution in [0.4, 0.5) is 5.69 Å². The quantitative estimate of drug-likeness (QED) is 0.866. The SMILES string of the molecule is CCNc1cnc(C(C)C)nc1C(=O)N1CCC(O)C1. The van der Waals surface area contributed by atoms with Crippen LogP contribution in [0.15, 0.2) is 6.20 Å². The summed E-state index contributed by atoms with van der Waals surface area (Å²) in [6.07, 6.45) is 1.88. The van der Waals surface area contributed by atoms with Gasteiger partial charge in [-0.1, -0.05) is 13.8 Å². The van der Waals surface area contributed by atoms with Crippen molar-refractivity contribution in [2.24, 2.45) is 0 Å². The van der Waals surface area contributed by atoms with E-state index in [9.17, 15) is 9.90 Å². The Bertz CT molecular complexity index is 490. The van der Waals surface area contributed by atoms with E-state index in [0.29, 0.717) is 43.3 Å². The molecular weight excluding hydrogens is 256 g/mol. The van der Waals surface area contributed by atoms with Gasteiger partial charge in [-0.15, -0.1) is 0 Å². The molecule has 0 aromatic carbocycles. The van der Waals surface area contributed by atoms with E-state index in [0.717, 1.165) is 0 Å². The van der Waals surface area contributed by atoms with Crippen molar-refractivity contribution in [3.05, 3.63) is 17.7 Å². The molecule has 20 heavy (non-hydrogen) atoms. The summed E-state index contributed by atoms with van der Waals surface area (Å²) in [5.74, 6) is 0.693. The van der Waals surface area contributed by atoms with Crippen molar-refractivity contribution in [1.82, 2.24) is 14.9 Å². The molecule has 1 aliphatic rings. The van der Waals surface area contributed by atoms with Gasteiger partial charge in [0.05, 0.1) is 18.0 Å². The first-order valence-electron chi connectivity index (χ1n) is 7.11. The van der Waals surface area contributed by atoms with Crippen LogP contribution in [0, 0.1) is 0 Å². The molecule has 1 saturated heterocycles. The monoisotopic (exact) mass is 278 g/mol. The predicted octanol–water partition coefficient (Wildman–Crippen LogP) is 1.24. The molecule has 1 aliphatic heterocycles. The number of hydrogen-bond acceptors (Lipinski definition) is 5. The minimum absolute atomic E-state index is 0.137. The van der Waals surface area contributed by atoms with Gasteiger partial charge in [-0.25, -0.2) is 9.97 Å². The number of aromatic nitrogens is 2. The first-order chi connectivity index (χ1) is 9.52. The highest BCUT2D eigenvalue weighted by Gasteiger charge is 2.28. The fourth-order valence-corrected chi connectivity index (χ4v) is 2.23. The standard InChI is InChI=1S/C14H22N4O2/c1-4-15-11-7-16-13(9(2)3)17-12(11)14(20)18-6-5-10(19)8-18/h7,9-10,15,19H,4-6,8H2,1-3H3. The number of hydrogen-bond donors (Lipinski definition) is 2. The summed E-state index contributed by atoms with van der Waals surface area (Å²) in [4.78, 5) is 22.9. The zero-order valence-electron chi connectivity index (χ0n) is 12.3. The fourth-order valence-electron chi connectivity index (χ4n) is 2.23. The third kappa shape index (κ3) is 3.07. The molecule has 2 N–H and O–H groups in total. The lowest BCUT2D eigenvalue weighted by Crippen LogP contribution is -2.31. The van der Waals surface area contributed by atoms with Gasteiger partial charge in [0.1, 0.15) is 5.82 Å². The van der Waals surface area contributed by atoms with Crippen molar-refractivity contribution in [3.63, 3.8) is 0 Å². The molecule has 0 spiro atoms. The molecule has 2 heterocycles. The van der Waals surface area contributed by atoms with E-state index in [2.05, 4.69) is 15.3 Å². The van der Waals surface area contributed by atoms with E-state index in [1.807, 2.05) is 20.8 Å². The van der Waals surface area contributed by atoms with E-state index in [-0.39, 0.29) is 11.8 Å². The van der Waals surface area contributed by atoms with Gasteiger partial charge in [-0.05, 0) is 13.3 Å². The number of aliphatic hydroxyl groups is 1. The van der Waals surface area contributed by atoms with E-state index in [1.165, 1.54) is 0 Å². The highest BCUT2D eigenvalue weighted by atomic mass is 16.3. The maximum Gasteiger partial charge on any atom is 0.274 e. The minimum Gasteiger partial charge on any atom is -0.391 e. The van der Waals surface area contributed by atoms with Gasteiger partial charge in [0.2, 0.25) is 0 Å². The number of nitrogens with one attached hydrogen (secondary N) is 1. The Labute approximate surface area is 119 Å². The summed E-state index contributed by atoms with van der Waals surface area (Å²) in [6.45, 7) is 7.61. The van der Waals surface area contributed by atoms with Gasteiger partial charge in [-0.2, -0.15) is 0 Å². The maximum atomic E-state index is 12.5. The van der Waals surface area contributed by atoms with Crippen molar-refractivity contribution >= 4 is 11.6 Å². The number of carbonyl (C=O) groups is 1. The third-order valence-electron chi connectivity index (χ3n) is 3.34. The number of carbonyl (C=O) groups excluding carboxylic acids is 1. The van der Waals surface area contributed by atoms with Gasteiger partial charge in [0.15, 0.2) is 5.69 Å². The van der Waals surface area contributed by atoms with Crippen LogP contribution >= 0.6 is 0 Å². The molecule has 0 aliphatic carbocycles. The van der Waals surface area contributed by atoms with Crippen LogP contribution in [0.2, 0.25) is 0 Å². The van der Waals surface area contributed by atoms with Gasteiger partial charge in [-0.3, -0.25) is 4.79 Å². The van der Waals surface area contributed by atoms with Crippen LogP contribution in [0.5, 0.6) is 0 Å². The Kier molecular flexibility index (Phi) is 4.54. The molecule has 110 valence electrons. The van der Waals surface area contributed by atoms with Crippen molar-refractivity contribution in [1.29, 1.82) is 0 Å². The molecule has 2 rings (SSSR count). The van der Waals surface area contributed by atoms with Crippen LogP contribution in [0.1, 0.15) is 49.4 Å². The normalized spacial score (nSPS) is 18.6. The first kappa shape index (κ1) is 14.7. The topological polar surface area (TPSA) is 78.4 Å². The van der Waals surface area contributed by atoms with Crippen LogP contribution in [-0.4, -0.2) is 51.6 Å². The Hall–Kier alpha value is -1.69. The maximum absolute atomic E-state index is 12.5. The summed E-state index contributed by atoms with van der Waals surface area (Å²) < 4.78 is 0. The molecular formula is C14H22N4O2. The van der Waals surface area contributed by atoms with E-state index < -0.39 is 6.10 Å². The number of likely N-dealkylation sites (tertiary alicyclic amines) is 1. The van der Waals surface area contributed by atoms with Crippen molar-refractivity contribution in [2.75, 3.05) is 25.0 Å². The number of β-amino-alcohol motifs (C(OH)–C–C–N with tert-alkyl or cyclic N) is 1. The zero-order valence-corrected chi connectivity index (χ0v) is 12.3. The third-order valence-corrected chi connectivity index (χ3v) is 3.34. The number of amides is 1. The summed E-state index contributed by atoms with van der Waals surface area (Å²) in [6, 6.07) is 0. The molecule has 1 amide bonds. The second-order valence-electron chi connectivity index (χ2n) is 5.37. The number of aliphatic hydroxyl groups excluding tert-OH is 1. The molecule has 1 aromatic rings. The van der Waals surface area contributed by atoms with Gasteiger partial charge >= 0.3 is 0 Å². The van der Waals surface area contributed by atoms with E-state index in [4.69, 9.17) is 0 Å². The summed E-state index contributed by atoms with van der Waals surface area (Å²) >= 11 is 0. The van der Waals surface area contributed by atoms with Crippen molar-refractivity contribution in [3.8, 4) is 0 Å². The lowest BCUT2D eigenvalue weighted by atomic mass is 10.2. The lowest BCUT2D eigenvalue weighted by Gasteiger charge is -2.18. The smallest absolute Gasteiger partial charge is 0.274 e. The van der Waals surface area contributed by atoms with Gasteiger partial charge < -0.3 is 15.3 Å². The molecule has 0 saturated carbocycles. The lowest BCUT2D eigenvalue weighted by molar-refractivity contribution is 0.0759. The van der Waals surface area contributed by atoms with Crippen LogP contribution in [-0.2, 0) is 0 Å². The van der Waals surface area contributed by atoms with Crippen LogP contribution in [0.3, 0.4) is 0 Å². The zero-order chi connectivity index (χ0) is 14.7. The fraction of sp³-hybridized carbons (Fsp3) is 0.643. The molecule has 1 atom stereocenters. The number of rotatable bonds is 4. The minimum atomic E-state index is -0.423. The van der Waals surface area contributed by atoms with Crippen molar-refractivity contribution < 1.29 is 9.90 Å². The molecule has 1 unspecified atom stereocenters. The number of nitrogens with zero attached hydrogens (tertiary/aromatic N) is 3. The van der Waals surface area contributed by atoms with Gasteiger partial charge in [0.25, 0.3) is 5.91 Å². The van der Waals surface area contributed by atoms with E-state index in [1.54, 1.807) is 11.1 Å². The van der Waals surface area contributed by atoms with E-state index >= 15 is 0 Å². The van der Waals surface area contributed by atoms with Crippen molar-refractivity contribution in [2.45, 2.75) is 39.2 Å². The molecule has 6 heteroatoms. The highest BCUT2D eigenvalue weighted by molar-refractivity contribution is 5.97. The average molecular weight is 278 g/mol. The molecule has 6 nitrogen and oxygen atoms in total. The molecule has 0 radical (unpaired) electrons. The predicted molar refractivity (Wildman–Crippen MR) is 76.8 cm³/mol. The summed E-state index contributed by atoms with van der Waals surface area (Å²) in [7, 11) is 0. The Morgan fingerprint density at radius 3 is 2.90 bits per heavy atom. The average Bonchev–Trinajstić information content (AvgIpc) is 2.85. The number of anilines is 1. The Morgan fingerprint density at radius 2 is 2.35 bits per heavy atom. The second kappa shape index (κ2) is 6.17.